The minimum atomic E-state index is -0.623. The van der Waals surface area contributed by atoms with Gasteiger partial charge in [-0.1, -0.05) is 30.3 Å². The van der Waals surface area contributed by atoms with Crippen LogP contribution >= 0.6 is 0 Å². The lowest BCUT2D eigenvalue weighted by atomic mass is 10.1. The molecule has 0 atom stereocenters. The van der Waals surface area contributed by atoms with Crippen molar-refractivity contribution in [1.82, 2.24) is 0 Å². The van der Waals surface area contributed by atoms with E-state index in [1.807, 2.05) is 39.0 Å². The van der Waals surface area contributed by atoms with Crippen LogP contribution in [-0.4, -0.2) is 44.1 Å². The van der Waals surface area contributed by atoms with Crippen molar-refractivity contribution in [2.75, 3.05) is 25.9 Å². The van der Waals surface area contributed by atoms with Crippen LogP contribution in [0.5, 0.6) is 0 Å². The molecule has 1 amide bonds. The number of methoxy groups -OCH3 is 1. The molecule has 1 aliphatic carbocycles. The molecule has 28 heavy (non-hydrogen) atoms. The number of carbonyl (C=O) groups is 1. The van der Waals surface area contributed by atoms with E-state index >= 15 is 0 Å². The average Bonchev–Trinajstić information content (AvgIpc) is 3.56. The highest BCUT2D eigenvalue weighted by molar-refractivity contribution is 6.43. The maximum absolute atomic E-state index is 12.0. The summed E-state index contributed by atoms with van der Waals surface area (Å²) >= 11 is 0. The molecule has 2 rings (SSSR count). The third-order valence-electron chi connectivity index (χ3n) is 4.24. The molecule has 0 spiro atoms. The molecule has 0 N–H and O–H groups in total. The average molecular weight is 388 g/mol. The predicted octanol–water partition coefficient (Wildman–Crippen LogP) is 4.20. The van der Waals surface area contributed by atoms with E-state index in [1.165, 1.54) is 14.2 Å². The second-order valence-electron chi connectivity index (χ2n) is 6.22. The van der Waals surface area contributed by atoms with Crippen LogP contribution in [0.2, 0.25) is 0 Å². The van der Waals surface area contributed by atoms with E-state index in [0.29, 0.717) is 29.5 Å². The minimum Gasteiger partial charge on any atom is -0.451 e. The highest BCUT2D eigenvalue weighted by atomic mass is 16.7. The molecule has 8 nitrogen and oxygen atoms in total. The normalized spacial score (nSPS) is 15.4. The Morgan fingerprint density at radius 2 is 1.89 bits per heavy atom. The molecule has 0 radical (unpaired) electrons. The summed E-state index contributed by atoms with van der Waals surface area (Å²) in [5.74, 6) is 0.372. The summed E-state index contributed by atoms with van der Waals surface area (Å²) < 4.78 is 4.78. The SMILES string of the molecule is CCO/N=C(CC)/C(=N/N=C(\C)c1ccccc1N(OC)C(=O)OC)C1CC1. The van der Waals surface area contributed by atoms with Gasteiger partial charge in [0, 0.05) is 11.5 Å². The van der Waals surface area contributed by atoms with Crippen LogP contribution in [0.4, 0.5) is 10.5 Å². The van der Waals surface area contributed by atoms with Crippen LogP contribution in [0.1, 0.15) is 45.6 Å². The zero-order valence-corrected chi connectivity index (χ0v) is 17.1. The fourth-order valence-electron chi connectivity index (χ4n) is 2.66. The summed E-state index contributed by atoms with van der Waals surface area (Å²) in [5.41, 5.74) is 3.58. The summed E-state index contributed by atoms with van der Waals surface area (Å²) in [6, 6.07) is 7.28. The van der Waals surface area contributed by atoms with Gasteiger partial charge in [-0.25, -0.2) is 4.79 Å². The van der Waals surface area contributed by atoms with Gasteiger partial charge >= 0.3 is 6.09 Å². The Morgan fingerprint density at radius 3 is 2.46 bits per heavy atom. The van der Waals surface area contributed by atoms with Gasteiger partial charge in [-0.2, -0.15) is 15.3 Å². The Hall–Kier alpha value is -2.74. The first-order valence-electron chi connectivity index (χ1n) is 9.40. The maximum atomic E-state index is 12.0. The van der Waals surface area contributed by atoms with Gasteiger partial charge in [0.15, 0.2) is 0 Å². The highest BCUT2D eigenvalue weighted by Crippen LogP contribution is 2.32. The van der Waals surface area contributed by atoms with Crippen LogP contribution in [0.25, 0.3) is 0 Å². The van der Waals surface area contributed by atoms with Crippen LogP contribution in [0.3, 0.4) is 0 Å². The van der Waals surface area contributed by atoms with Crippen LogP contribution < -0.4 is 5.06 Å². The van der Waals surface area contributed by atoms with Crippen molar-refractivity contribution in [2.24, 2.45) is 21.3 Å². The van der Waals surface area contributed by atoms with Crippen LogP contribution in [-0.2, 0) is 14.4 Å². The lowest BCUT2D eigenvalue weighted by Crippen LogP contribution is -2.30. The molecule has 1 saturated carbocycles. The number of amides is 1. The molecule has 1 aromatic carbocycles. The molecular weight excluding hydrogens is 360 g/mol. The Bertz CT molecular complexity index is 769. The predicted molar refractivity (Wildman–Crippen MR) is 110 cm³/mol. The van der Waals surface area contributed by atoms with Crippen molar-refractivity contribution in [3.05, 3.63) is 29.8 Å². The second kappa shape index (κ2) is 10.6. The first kappa shape index (κ1) is 21.6. The topological polar surface area (TPSA) is 85.1 Å². The van der Waals surface area contributed by atoms with Crippen molar-refractivity contribution in [3.8, 4) is 0 Å². The third kappa shape index (κ3) is 5.39. The Labute approximate surface area is 165 Å². The van der Waals surface area contributed by atoms with Gasteiger partial charge < -0.3 is 9.57 Å². The van der Waals surface area contributed by atoms with Gasteiger partial charge in [0.25, 0.3) is 0 Å². The van der Waals surface area contributed by atoms with Crippen molar-refractivity contribution in [2.45, 2.75) is 40.0 Å². The number of carbonyl (C=O) groups excluding carboxylic acids is 1. The smallest absolute Gasteiger partial charge is 0.438 e. The van der Waals surface area contributed by atoms with E-state index in [9.17, 15) is 4.79 Å². The first-order chi connectivity index (χ1) is 13.6. The number of para-hydroxylation sites is 1. The molecule has 1 fully saturated rings. The molecule has 1 aromatic rings. The van der Waals surface area contributed by atoms with Gasteiger partial charge in [-0.15, -0.1) is 0 Å². The molecule has 0 unspecified atom stereocenters. The van der Waals surface area contributed by atoms with Crippen molar-refractivity contribution in [1.29, 1.82) is 0 Å². The third-order valence-corrected chi connectivity index (χ3v) is 4.24. The van der Waals surface area contributed by atoms with E-state index in [1.54, 1.807) is 6.07 Å². The van der Waals surface area contributed by atoms with Crippen LogP contribution in [0, 0.1) is 5.92 Å². The zero-order valence-electron chi connectivity index (χ0n) is 17.1. The molecule has 0 bridgehead atoms. The molecule has 0 aromatic heterocycles. The summed E-state index contributed by atoms with van der Waals surface area (Å²) in [6.07, 6.45) is 2.26. The van der Waals surface area contributed by atoms with Gasteiger partial charge in [-0.3, -0.25) is 4.84 Å². The van der Waals surface area contributed by atoms with E-state index in [2.05, 4.69) is 15.4 Å². The number of hydroxylamine groups is 1. The summed E-state index contributed by atoms with van der Waals surface area (Å²) in [7, 11) is 2.70. The number of hydrogen-bond acceptors (Lipinski definition) is 7. The Balaban J connectivity index is 2.39. The lowest BCUT2D eigenvalue weighted by molar-refractivity contribution is 0.115. The number of nitrogens with zero attached hydrogens (tertiary/aromatic N) is 4. The highest BCUT2D eigenvalue weighted by Gasteiger charge is 2.31. The number of rotatable bonds is 9. The van der Waals surface area contributed by atoms with Gasteiger partial charge in [-0.05, 0) is 39.2 Å². The number of ether oxygens (including phenoxy) is 1. The fraction of sp³-hybridized carbons (Fsp3) is 0.500. The second-order valence-corrected chi connectivity index (χ2v) is 6.22. The maximum Gasteiger partial charge on any atom is 0.438 e. The Kier molecular flexibility index (Phi) is 8.13. The first-order valence-corrected chi connectivity index (χ1v) is 9.40. The fourth-order valence-corrected chi connectivity index (χ4v) is 2.66. The van der Waals surface area contributed by atoms with E-state index in [4.69, 9.17) is 14.4 Å². The zero-order chi connectivity index (χ0) is 20.5. The van der Waals surface area contributed by atoms with Gasteiger partial charge in [0.05, 0.1) is 31.3 Å². The van der Waals surface area contributed by atoms with E-state index in [-0.39, 0.29) is 0 Å². The lowest BCUT2D eigenvalue weighted by Gasteiger charge is -2.20. The molecular formula is C20H28N4O4. The van der Waals surface area contributed by atoms with Gasteiger partial charge in [0.2, 0.25) is 0 Å². The Morgan fingerprint density at radius 1 is 1.18 bits per heavy atom. The van der Waals surface area contributed by atoms with Crippen molar-refractivity contribution >= 4 is 28.9 Å². The number of anilines is 1. The molecule has 152 valence electrons. The number of hydrogen-bond donors (Lipinski definition) is 0. The quantitative estimate of drug-likeness (QED) is 0.469. The summed E-state index contributed by atoms with van der Waals surface area (Å²) in [6.45, 7) is 6.27. The number of benzene rings is 1. The van der Waals surface area contributed by atoms with Gasteiger partial charge in [0.1, 0.15) is 12.3 Å². The van der Waals surface area contributed by atoms with Crippen LogP contribution in [0.15, 0.2) is 39.6 Å². The van der Waals surface area contributed by atoms with Crippen molar-refractivity contribution < 1.29 is 19.2 Å². The largest absolute Gasteiger partial charge is 0.451 e. The standard InChI is InChI=1S/C20H28N4O4/c1-6-17(23-28-7-2)19(15-12-13-15)22-21-14(3)16-10-8-9-11-18(16)24(27-5)20(25)26-4/h8-11,15H,6-7,12-13H2,1-5H3/b21-14+,22-19+,23-17+. The minimum absolute atomic E-state index is 0.372. The molecule has 0 heterocycles. The number of oxime groups is 1. The molecule has 0 saturated heterocycles. The molecule has 1 aliphatic rings. The molecule has 8 heteroatoms. The monoisotopic (exact) mass is 388 g/mol. The summed E-state index contributed by atoms with van der Waals surface area (Å²) in [4.78, 5) is 22.4. The van der Waals surface area contributed by atoms with E-state index in [0.717, 1.165) is 35.7 Å². The summed E-state index contributed by atoms with van der Waals surface area (Å²) in [5, 5.41) is 14.2. The molecule has 0 aliphatic heterocycles. The van der Waals surface area contributed by atoms with Crippen molar-refractivity contribution in [3.63, 3.8) is 0 Å². The van der Waals surface area contributed by atoms with E-state index < -0.39 is 6.09 Å².